The third-order valence-corrected chi connectivity index (χ3v) is 4.95. The van der Waals surface area contributed by atoms with Crippen LogP contribution in [0.1, 0.15) is 12.5 Å². The fourth-order valence-electron chi connectivity index (χ4n) is 2.39. The molecule has 7 nitrogen and oxygen atoms in total. The smallest absolute Gasteiger partial charge is 0.271 e. The normalized spacial score (nSPS) is 10.5. The van der Waals surface area contributed by atoms with Gasteiger partial charge in [0.1, 0.15) is 5.75 Å². The number of rotatable bonds is 7. The number of amides is 1. The summed E-state index contributed by atoms with van der Waals surface area (Å²) in [5.74, 6) is -0.213. The molecule has 0 bridgehead atoms. The van der Waals surface area contributed by atoms with E-state index in [1.807, 2.05) is 17.5 Å². The molecule has 0 aliphatic rings. The summed E-state index contributed by atoms with van der Waals surface area (Å²) in [6.45, 7) is 1.80. The zero-order valence-corrected chi connectivity index (χ0v) is 16.4. The van der Waals surface area contributed by atoms with Crippen LogP contribution >= 0.6 is 22.9 Å². The number of thiazole rings is 1. The van der Waals surface area contributed by atoms with E-state index in [1.54, 1.807) is 0 Å². The van der Waals surface area contributed by atoms with E-state index in [-0.39, 0.29) is 23.1 Å². The van der Waals surface area contributed by atoms with Gasteiger partial charge in [-0.05, 0) is 18.1 Å². The highest BCUT2D eigenvalue weighted by atomic mass is 35.5. The Morgan fingerprint density at radius 2 is 2.04 bits per heavy atom. The average Bonchev–Trinajstić information content (AvgIpc) is 3.15. The molecule has 28 heavy (non-hydrogen) atoms. The summed E-state index contributed by atoms with van der Waals surface area (Å²) in [6, 6.07) is 11.9. The SMILES string of the molecule is CCc1ccc(-c2csc(NC(=O)COc3ccc([N+](=O)[O-])cc3Cl)n2)cc1. The highest BCUT2D eigenvalue weighted by Gasteiger charge is 2.13. The van der Waals surface area contributed by atoms with E-state index < -0.39 is 10.8 Å². The Morgan fingerprint density at radius 3 is 2.68 bits per heavy atom. The lowest BCUT2D eigenvalue weighted by atomic mass is 10.1. The second kappa shape index (κ2) is 8.81. The molecule has 9 heteroatoms. The van der Waals surface area contributed by atoms with Gasteiger partial charge in [-0.1, -0.05) is 42.8 Å². The van der Waals surface area contributed by atoms with Crippen molar-refractivity contribution in [3.63, 3.8) is 0 Å². The van der Waals surface area contributed by atoms with Gasteiger partial charge in [0.15, 0.2) is 11.7 Å². The van der Waals surface area contributed by atoms with Crippen LogP contribution in [0.15, 0.2) is 47.8 Å². The number of carbonyl (C=O) groups excluding carboxylic acids is 1. The monoisotopic (exact) mass is 417 g/mol. The second-order valence-electron chi connectivity index (χ2n) is 5.80. The minimum absolute atomic E-state index is 0.0639. The summed E-state index contributed by atoms with van der Waals surface area (Å²) >= 11 is 7.25. The lowest BCUT2D eigenvalue weighted by Gasteiger charge is -2.07. The van der Waals surface area contributed by atoms with Crippen LogP contribution in [0.25, 0.3) is 11.3 Å². The highest BCUT2D eigenvalue weighted by molar-refractivity contribution is 7.14. The van der Waals surface area contributed by atoms with Crippen LogP contribution in [0.4, 0.5) is 10.8 Å². The Balaban J connectivity index is 1.58. The molecule has 2 aromatic carbocycles. The molecular weight excluding hydrogens is 402 g/mol. The van der Waals surface area contributed by atoms with E-state index in [4.69, 9.17) is 16.3 Å². The van der Waals surface area contributed by atoms with Gasteiger partial charge in [-0.15, -0.1) is 11.3 Å². The molecule has 1 amide bonds. The first kappa shape index (κ1) is 19.8. The number of nitro groups is 1. The number of halogens is 1. The molecule has 1 N–H and O–H groups in total. The second-order valence-corrected chi connectivity index (χ2v) is 7.06. The topological polar surface area (TPSA) is 94.4 Å². The van der Waals surface area contributed by atoms with E-state index in [0.29, 0.717) is 5.13 Å². The number of carbonyl (C=O) groups is 1. The highest BCUT2D eigenvalue weighted by Crippen LogP contribution is 2.29. The zero-order valence-electron chi connectivity index (χ0n) is 14.8. The van der Waals surface area contributed by atoms with E-state index >= 15 is 0 Å². The molecule has 0 aliphatic heterocycles. The number of nitrogens with one attached hydrogen (secondary N) is 1. The Bertz CT molecular complexity index is 1000. The number of ether oxygens (including phenoxy) is 1. The number of anilines is 1. The van der Waals surface area contributed by atoms with Crippen molar-refractivity contribution in [1.29, 1.82) is 0 Å². The van der Waals surface area contributed by atoms with Gasteiger partial charge in [-0.3, -0.25) is 20.2 Å². The van der Waals surface area contributed by atoms with Crippen LogP contribution in [0.3, 0.4) is 0 Å². The number of aryl methyl sites for hydroxylation is 1. The quantitative estimate of drug-likeness (QED) is 0.433. The van der Waals surface area contributed by atoms with E-state index in [2.05, 4.69) is 29.4 Å². The first-order valence-corrected chi connectivity index (χ1v) is 9.63. The van der Waals surface area contributed by atoms with Gasteiger partial charge in [0.05, 0.1) is 15.6 Å². The Labute approximate surface area is 170 Å². The van der Waals surface area contributed by atoms with Crippen LogP contribution < -0.4 is 10.1 Å². The maximum atomic E-state index is 12.1. The van der Waals surface area contributed by atoms with Crippen molar-refractivity contribution in [2.45, 2.75) is 13.3 Å². The predicted molar refractivity (Wildman–Crippen MR) is 109 cm³/mol. The van der Waals surface area contributed by atoms with Crippen molar-refractivity contribution >= 4 is 39.7 Å². The van der Waals surface area contributed by atoms with Crippen LogP contribution in [0.2, 0.25) is 5.02 Å². The first-order valence-electron chi connectivity index (χ1n) is 8.37. The molecule has 0 saturated heterocycles. The zero-order chi connectivity index (χ0) is 20.1. The lowest BCUT2D eigenvalue weighted by Crippen LogP contribution is -2.20. The van der Waals surface area contributed by atoms with E-state index in [0.717, 1.165) is 17.7 Å². The number of nitrogens with zero attached hydrogens (tertiary/aromatic N) is 2. The third-order valence-electron chi connectivity index (χ3n) is 3.89. The Hall–Kier alpha value is -2.97. The van der Waals surface area contributed by atoms with Crippen molar-refractivity contribution < 1.29 is 14.5 Å². The number of hydrogen-bond donors (Lipinski definition) is 1. The van der Waals surface area contributed by atoms with Crippen LogP contribution in [0.5, 0.6) is 5.75 Å². The van der Waals surface area contributed by atoms with Crippen molar-refractivity contribution in [3.8, 4) is 17.0 Å². The standard InChI is InChI=1S/C19H16ClN3O4S/c1-2-12-3-5-13(6-4-12)16-11-28-19(21-16)22-18(24)10-27-17-8-7-14(23(25)26)9-15(17)20/h3-9,11H,2,10H2,1H3,(H,21,22,24). The summed E-state index contributed by atoms with van der Waals surface area (Å²) in [4.78, 5) is 26.6. The van der Waals surface area contributed by atoms with E-state index in [1.165, 1.54) is 35.1 Å². The third kappa shape index (κ3) is 4.85. The van der Waals surface area contributed by atoms with E-state index in [9.17, 15) is 14.9 Å². The fourth-order valence-corrected chi connectivity index (χ4v) is 3.36. The van der Waals surface area contributed by atoms with Gasteiger partial charge in [-0.25, -0.2) is 4.98 Å². The number of hydrogen-bond acceptors (Lipinski definition) is 6. The molecule has 0 aliphatic carbocycles. The summed E-state index contributed by atoms with van der Waals surface area (Å²) in [7, 11) is 0. The lowest BCUT2D eigenvalue weighted by molar-refractivity contribution is -0.384. The van der Waals surface area contributed by atoms with Gasteiger partial charge in [0.2, 0.25) is 0 Å². The van der Waals surface area contributed by atoms with Gasteiger partial charge in [-0.2, -0.15) is 0 Å². The number of aromatic nitrogens is 1. The molecule has 0 atom stereocenters. The van der Waals surface area contributed by atoms with Crippen molar-refractivity contribution in [2.75, 3.05) is 11.9 Å². The first-order chi connectivity index (χ1) is 13.5. The summed E-state index contributed by atoms with van der Waals surface area (Å²) in [5.41, 5.74) is 2.85. The average molecular weight is 418 g/mol. The summed E-state index contributed by atoms with van der Waals surface area (Å²) in [6.07, 6.45) is 0.970. The predicted octanol–water partition coefficient (Wildman–Crippen LogP) is 4.95. The maximum Gasteiger partial charge on any atom is 0.271 e. The molecule has 3 aromatic rings. The molecule has 0 unspecified atom stereocenters. The Morgan fingerprint density at radius 1 is 1.29 bits per heavy atom. The number of nitro benzene ring substituents is 1. The molecule has 144 valence electrons. The van der Waals surface area contributed by atoms with Crippen LogP contribution in [-0.4, -0.2) is 22.4 Å². The number of non-ortho nitro benzene ring substituents is 1. The molecule has 3 rings (SSSR count). The molecule has 0 fully saturated rings. The molecule has 1 aromatic heterocycles. The molecule has 0 spiro atoms. The molecule has 0 radical (unpaired) electrons. The summed E-state index contributed by atoms with van der Waals surface area (Å²) < 4.78 is 5.33. The molecular formula is C19H16ClN3O4S. The van der Waals surface area contributed by atoms with Crippen molar-refractivity contribution in [1.82, 2.24) is 4.98 Å². The minimum atomic E-state index is -0.557. The minimum Gasteiger partial charge on any atom is -0.482 e. The van der Waals surface area contributed by atoms with Gasteiger partial charge >= 0.3 is 0 Å². The Kier molecular flexibility index (Phi) is 6.23. The van der Waals surface area contributed by atoms with Crippen LogP contribution in [0, 0.1) is 10.1 Å². The number of benzene rings is 2. The maximum absolute atomic E-state index is 12.1. The van der Waals surface area contributed by atoms with Crippen molar-refractivity contribution in [2.24, 2.45) is 0 Å². The van der Waals surface area contributed by atoms with Gasteiger partial charge in [0, 0.05) is 23.1 Å². The van der Waals surface area contributed by atoms with Crippen molar-refractivity contribution in [3.05, 3.63) is 68.5 Å². The largest absolute Gasteiger partial charge is 0.482 e. The van der Waals surface area contributed by atoms with Gasteiger partial charge in [0.25, 0.3) is 11.6 Å². The molecule has 0 saturated carbocycles. The molecule has 1 heterocycles. The van der Waals surface area contributed by atoms with Crippen LogP contribution in [-0.2, 0) is 11.2 Å². The fraction of sp³-hybridized carbons (Fsp3) is 0.158. The van der Waals surface area contributed by atoms with Gasteiger partial charge < -0.3 is 4.74 Å². The summed E-state index contributed by atoms with van der Waals surface area (Å²) in [5, 5.41) is 15.8.